The molecule has 144 valence electrons. The molecule has 29 heavy (non-hydrogen) atoms. The Balaban J connectivity index is 1.95. The number of aromatic nitrogens is 4. The van der Waals surface area contributed by atoms with Gasteiger partial charge in [0.25, 0.3) is 0 Å². The number of nitrogens with zero attached hydrogens (tertiary/aromatic N) is 4. The lowest BCUT2D eigenvalue weighted by molar-refractivity contribution is 0.395. The van der Waals surface area contributed by atoms with E-state index in [0.29, 0.717) is 5.88 Å². The Morgan fingerprint density at radius 3 is 1.86 bits per heavy atom. The summed E-state index contributed by atoms with van der Waals surface area (Å²) in [5.74, 6) is 0.404. The van der Waals surface area contributed by atoms with Crippen LogP contribution >= 0.6 is 0 Å². The summed E-state index contributed by atoms with van der Waals surface area (Å²) in [7, 11) is 1.63. The molecule has 5 heteroatoms. The zero-order valence-corrected chi connectivity index (χ0v) is 16.4. The summed E-state index contributed by atoms with van der Waals surface area (Å²) in [6.07, 6.45) is 7.38. The van der Waals surface area contributed by atoms with Crippen LogP contribution < -0.4 is 4.74 Å². The van der Waals surface area contributed by atoms with E-state index >= 15 is 0 Å². The van der Waals surface area contributed by atoms with Gasteiger partial charge in [-0.15, -0.1) is 0 Å². The number of pyridine rings is 4. The predicted octanol–water partition coefficient (Wildman–Crippen LogP) is 4.55. The minimum Gasteiger partial charge on any atom is -0.481 e. The Labute approximate surface area is 170 Å². The van der Waals surface area contributed by atoms with E-state index in [9.17, 15) is 0 Å². The molecule has 4 aromatic rings. The van der Waals surface area contributed by atoms with E-state index in [1.54, 1.807) is 19.5 Å². The molecule has 0 N–H and O–H groups in total. The van der Waals surface area contributed by atoms with E-state index < -0.39 is 0 Å². The summed E-state index contributed by atoms with van der Waals surface area (Å²) < 4.78 is 5.40. The lowest BCUT2D eigenvalue weighted by Crippen LogP contribution is -2.18. The van der Waals surface area contributed by atoms with E-state index in [1.807, 2.05) is 61.8 Å². The molecule has 0 bridgehead atoms. The monoisotopic (exact) mass is 382 g/mol. The summed E-state index contributed by atoms with van der Waals surface area (Å²) >= 11 is 0. The van der Waals surface area contributed by atoms with Gasteiger partial charge in [0.15, 0.2) is 0 Å². The third kappa shape index (κ3) is 4.14. The van der Waals surface area contributed by atoms with Crippen molar-refractivity contribution < 1.29 is 4.74 Å². The molecular formula is C24H22N4O. The number of ether oxygens (including phenoxy) is 1. The van der Waals surface area contributed by atoms with E-state index in [0.717, 1.165) is 28.2 Å². The first-order valence-electron chi connectivity index (χ1n) is 9.50. The van der Waals surface area contributed by atoms with Gasteiger partial charge in [0.05, 0.1) is 24.4 Å². The summed E-state index contributed by atoms with van der Waals surface area (Å²) in [5, 5.41) is 0. The van der Waals surface area contributed by atoms with Gasteiger partial charge in [0.1, 0.15) is 0 Å². The van der Waals surface area contributed by atoms with Crippen molar-refractivity contribution in [2.24, 2.45) is 0 Å². The Morgan fingerprint density at radius 2 is 1.31 bits per heavy atom. The highest BCUT2D eigenvalue weighted by Gasteiger charge is 2.31. The Kier molecular flexibility index (Phi) is 5.56. The van der Waals surface area contributed by atoms with Crippen LogP contribution in [0.25, 0.3) is 0 Å². The van der Waals surface area contributed by atoms with Gasteiger partial charge in [0.2, 0.25) is 5.88 Å². The molecule has 0 spiro atoms. The van der Waals surface area contributed by atoms with Crippen LogP contribution in [-0.2, 0) is 0 Å². The summed E-state index contributed by atoms with van der Waals surface area (Å²) in [4.78, 5) is 18.4. The fourth-order valence-electron chi connectivity index (χ4n) is 3.65. The van der Waals surface area contributed by atoms with Crippen LogP contribution in [0.1, 0.15) is 40.0 Å². The average molecular weight is 382 g/mol. The largest absolute Gasteiger partial charge is 0.481 e. The minimum atomic E-state index is -0.126. The molecule has 0 radical (unpaired) electrons. The normalized spacial score (nSPS) is 12.0. The van der Waals surface area contributed by atoms with Gasteiger partial charge in [-0.2, -0.15) is 0 Å². The van der Waals surface area contributed by atoms with E-state index in [1.165, 1.54) is 0 Å². The summed E-state index contributed by atoms with van der Waals surface area (Å²) in [5.41, 5.74) is 4.96. The van der Waals surface area contributed by atoms with Crippen LogP contribution in [0.3, 0.4) is 0 Å². The van der Waals surface area contributed by atoms with E-state index in [2.05, 4.69) is 28.2 Å². The van der Waals surface area contributed by atoms with Crippen molar-refractivity contribution in [3.05, 3.63) is 114 Å². The molecule has 0 aliphatic carbocycles. The number of aryl methyl sites for hydroxylation is 1. The van der Waals surface area contributed by atoms with Crippen molar-refractivity contribution in [2.75, 3.05) is 7.11 Å². The highest BCUT2D eigenvalue weighted by molar-refractivity contribution is 5.40. The van der Waals surface area contributed by atoms with Gasteiger partial charge in [0, 0.05) is 42.5 Å². The molecule has 4 aromatic heterocycles. The van der Waals surface area contributed by atoms with Crippen LogP contribution in [0.2, 0.25) is 0 Å². The first-order valence-corrected chi connectivity index (χ1v) is 9.50. The molecule has 0 saturated carbocycles. The van der Waals surface area contributed by atoms with Gasteiger partial charge >= 0.3 is 0 Å². The van der Waals surface area contributed by atoms with Crippen molar-refractivity contribution in [3.63, 3.8) is 0 Å². The zero-order valence-electron chi connectivity index (χ0n) is 16.4. The molecule has 0 aromatic carbocycles. The number of hydrogen-bond acceptors (Lipinski definition) is 5. The van der Waals surface area contributed by atoms with Gasteiger partial charge in [-0.05, 0) is 48.4 Å². The Morgan fingerprint density at radius 1 is 0.690 bits per heavy atom. The second kappa shape index (κ2) is 8.61. The maximum atomic E-state index is 5.40. The summed E-state index contributed by atoms with van der Waals surface area (Å²) in [6, 6.07) is 20.0. The van der Waals surface area contributed by atoms with Gasteiger partial charge in [-0.25, -0.2) is 4.98 Å². The fourth-order valence-corrected chi connectivity index (χ4v) is 3.65. The predicted molar refractivity (Wildman–Crippen MR) is 112 cm³/mol. The minimum absolute atomic E-state index is 0.0497. The van der Waals surface area contributed by atoms with Crippen LogP contribution in [0.5, 0.6) is 5.88 Å². The molecule has 0 saturated heterocycles. The number of hydrogen-bond donors (Lipinski definition) is 0. The highest BCUT2D eigenvalue weighted by atomic mass is 16.5. The second-order valence-corrected chi connectivity index (χ2v) is 6.84. The second-order valence-electron chi connectivity index (χ2n) is 6.84. The van der Waals surface area contributed by atoms with Crippen molar-refractivity contribution >= 4 is 0 Å². The van der Waals surface area contributed by atoms with E-state index in [4.69, 9.17) is 14.7 Å². The quantitative estimate of drug-likeness (QED) is 0.490. The summed E-state index contributed by atoms with van der Waals surface area (Å²) in [6.45, 7) is 2.00. The molecule has 4 heterocycles. The van der Waals surface area contributed by atoms with E-state index in [-0.39, 0.29) is 11.8 Å². The van der Waals surface area contributed by atoms with Gasteiger partial charge in [-0.1, -0.05) is 24.3 Å². The fraction of sp³-hybridized carbons (Fsp3) is 0.167. The van der Waals surface area contributed by atoms with Crippen molar-refractivity contribution in [1.29, 1.82) is 0 Å². The number of rotatable bonds is 6. The Bertz CT molecular complexity index is 1030. The van der Waals surface area contributed by atoms with Crippen LogP contribution in [0.4, 0.5) is 0 Å². The standard InChI is InChI=1S/C24H22N4O/c1-17-7-3-10-20(27-17)24(21-11-4-12-22(28-21)29-2)23(18-8-5-13-25-15-18)19-9-6-14-26-16-19/h3-16,23-24H,1-2H3. The first-order chi connectivity index (χ1) is 14.3. The maximum absolute atomic E-state index is 5.40. The van der Waals surface area contributed by atoms with Crippen molar-refractivity contribution in [2.45, 2.75) is 18.8 Å². The third-order valence-corrected chi connectivity index (χ3v) is 4.92. The Hall–Kier alpha value is -3.60. The lowest BCUT2D eigenvalue weighted by Gasteiger charge is -2.27. The molecule has 0 fully saturated rings. The van der Waals surface area contributed by atoms with Gasteiger partial charge < -0.3 is 4.74 Å². The molecule has 0 aliphatic heterocycles. The molecular weight excluding hydrogens is 360 g/mol. The number of methoxy groups -OCH3 is 1. The highest BCUT2D eigenvalue weighted by Crippen LogP contribution is 2.41. The molecule has 5 nitrogen and oxygen atoms in total. The topological polar surface area (TPSA) is 60.8 Å². The molecule has 4 rings (SSSR count). The molecule has 1 unspecified atom stereocenters. The third-order valence-electron chi connectivity index (χ3n) is 4.92. The van der Waals surface area contributed by atoms with Gasteiger partial charge in [-0.3, -0.25) is 15.0 Å². The average Bonchev–Trinajstić information content (AvgIpc) is 2.78. The smallest absolute Gasteiger partial charge is 0.213 e. The molecule has 0 aliphatic rings. The molecule has 0 amide bonds. The van der Waals surface area contributed by atoms with Crippen molar-refractivity contribution in [1.82, 2.24) is 19.9 Å². The maximum Gasteiger partial charge on any atom is 0.213 e. The first kappa shape index (κ1) is 18.7. The zero-order chi connectivity index (χ0) is 20.1. The SMILES string of the molecule is COc1cccc(C(c2cccc(C)n2)C(c2cccnc2)c2cccnc2)n1. The van der Waals surface area contributed by atoms with Crippen LogP contribution in [-0.4, -0.2) is 27.0 Å². The van der Waals surface area contributed by atoms with Crippen molar-refractivity contribution in [3.8, 4) is 5.88 Å². The van der Waals surface area contributed by atoms with Crippen LogP contribution in [0, 0.1) is 6.92 Å². The molecule has 1 atom stereocenters. The van der Waals surface area contributed by atoms with Crippen LogP contribution in [0.15, 0.2) is 85.5 Å². The lowest BCUT2D eigenvalue weighted by atomic mass is 9.78.